The van der Waals surface area contributed by atoms with Gasteiger partial charge in [0, 0.05) is 55.9 Å². The molecule has 1 unspecified atom stereocenters. The Morgan fingerprint density at radius 1 is 1.00 bits per heavy atom. The van der Waals surface area contributed by atoms with Crippen molar-refractivity contribution in [1.29, 1.82) is 0 Å². The van der Waals surface area contributed by atoms with Crippen molar-refractivity contribution in [3.05, 3.63) is 59.7 Å². The molecule has 2 aromatic heterocycles. The Morgan fingerprint density at radius 2 is 1.62 bits per heavy atom. The van der Waals surface area contributed by atoms with Gasteiger partial charge in [-0.05, 0) is 36.6 Å². The van der Waals surface area contributed by atoms with Crippen LogP contribution in [0.25, 0.3) is 11.1 Å². The third kappa shape index (κ3) is 5.86. The molecule has 1 aromatic carbocycles. The number of carbonyl (C=O) groups is 1. The molecule has 13 heteroatoms. The first-order chi connectivity index (χ1) is 17.4. The van der Waals surface area contributed by atoms with Gasteiger partial charge in [0.05, 0.1) is 23.4 Å². The largest absolute Gasteiger partial charge is 0.416 e. The highest BCUT2D eigenvalue weighted by atomic mass is 19.4. The van der Waals surface area contributed by atoms with Gasteiger partial charge in [0.25, 0.3) is 0 Å². The summed E-state index contributed by atoms with van der Waals surface area (Å²) in [7, 11) is 1.74. The fourth-order valence-corrected chi connectivity index (χ4v) is 4.53. The summed E-state index contributed by atoms with van der Waals surface area (Å²) in [5, 5.41) is 4.09. The number of halogens is 6. The van der Waals surface area contributed by atoms with Crippen molar-refractivity contribution >= 4 is 12.4 Å². The number of nitrogens with zero attached hydrogens (tertiary/aromatic N) is 6. The quantitative estimate of drug-likeness (QED) is 0.323. The fourth-order valence-electron chi connectivity index (χ4n) is 4.53. The molecule has 1 saturated heterocycles. The van der Waals surface area contributed by atoms with Gasteiger partial charge in [-0.25, -0.2) is 9.97 Å². The van der Waals surface area contributed by atoms with Crippen molar-refractivity contribution in [2.24, 2.45) is 7.05 Å². The lowest BCUT2D eigenvalue weighted by Crippen LogP contribution is -2.38. The summed E-state index contributed by atoms with van der Waals surface area (Å²) in [6.07, 6.45) is -1.71. The topological polar surface area (TPSA) is 67.2 Å². The van der Waals surface area contributed by atoms with Crippen molar-refractivity contribution in [3.8, 4) is 11.1 Å². The molecule has 0 spiro atoms. The van der Waals surface area contributed by atoms with Crippen LogP contribution in [0.3, 0.4) is 0 Å². The van der Waals surface area contributed by atoms with Gasteiger partial charge >= 0.3 is 12.4 Å². The Labute approximate surface area is 208 Å². The van der Waals surface area contributed by atoms with E-state index in [-0.39, 0.29) is 36.7 Å². The van der Waals surface area contributed by atoms with Crippen molar-refractivity contribution in [1.82, 2.24) is 24.6 Å². The molecule has 0 saturated carbocycles. The maximum Gasteiger partial charge on any atom is 0.416 e. The Kier molecular flexibility index (Phi) is 7.16. The van der Waals surface area contributed by atoms with Crippen molar-refractivity contribution in [3.63, 3.8) is 0 Å². The molecule has 3 heterocycles. The molecule has 37 heavy (non-hydrogen) atoms. The first-order valence-electron chi connectivity index (χ1n) is 11.5. The molecule has 0 bridgehead atoms. The van der Waals surface area contributed by atoms with E-state index < -0.39 is 29.5 Å². The van der Waals surface area contributed by atoms with Crippen LogP contribution in [0.15, 0.2) is 43.0 Å². The molecule has 1 amide bonds. The average Bonchev–Trinajstić information content (AvgIpc) is 3.47. The molecule has 1 aliphatic rings. The first kappa shape index (κ1) is 26.4. The van der Waals surface area contributed by atoms with Gasteiger partial charge in [-0.3, -0.25) is 9.48 Å². The van der Waals surface area contributed by atoms with Gasteiger partial charge in [0.15, 0.2) is 0 Å². The number of aromatic nitrogens is 4. The van der Waals surface area contributed by atoms with Gasteiger partial charge < -0.3 is 9.80 Å². The summed E-state index contributed by atoms with van der Waals surface area (Å²) in [5.41, 5.74) is -1.59. The molecule has 1 fully saturated rings. The Balaban J connectivity index is 1.73. The van der Waals surface area contributed by atoms with Crippen LogP contribution in [0.2, 0.25) is 0 Å². The number of benzene rings is 1. The molecule has 7 nitrogen and oxygen atoms in total. The second-order valence-electron chi connectivity index (χ2n) is 8.97. The number of amides is 1. The maximum absolute atomic E-state index is 13.4. The third-order valence-corrected chi connectivity index (χ3v) is 6.42. The zero-order valence-corrected chi connectivity index (χ0v) is 20.0. The monoisotopic (exact) mass is 526 g/mol. The fraction of sp³-hybridized carbons (Fsp3) is 0.417. The van der Waals surface area contributed by atoms with E-state index in [1.165, 1.54) is 12.4 Å². The number of hydrogen-bond acceptors (Lipinski definition) is 5. The second kappa shape index (κ2) is 10.0. The Bertz CT molecular complexity index is 1210. The maximum atomic E-state index is 13.4. The zero-order valence-electron chi connectivity index (χ0n) is 20.0. The van der Waals surface area contributed by atoms with Crippen LogP contribution in [0.5, 0.6) is 0 Å². The van der Waals surface area contributed by atoms with E-state index >= 15 is 0 Å². The Morgan fingerprint density at radius 3 is 2.08 bits per heavy atom. The predicted octanol–water partition coefficient (Wildman–Crippen LogP) is 4.93. The molecule has 1 aliphatic heterocycles. The highest BCUT2D eigenvalue weighted by molar-refractivity contribution is 5.60. The molecule has 4 rings (SSSR count). The van der Waals surface area contributed by atoms with Gasteiger partial charge in [-0.15, -0.1) is 0 Å². The second-order valence-corrected chi connectivity index (χ2v) is 8.97. The van der Waals surface area contributed by atoms with E-state index in [2.05, 4.69) is 15.1 Å². The van der Waals surface area contributed by atoms with E-state index in [0.717, 1.165) is 5.56 Å². The zero-order chi connectivity index (χ0) is 27.0. The summed E-state index contributed by atoms with van der Waals surface area (Å²) in [6.45, 7) is 1.82. The summed E-state index contributed by atoms with van der Waals surface area (Å²) in [6, 6.07) is 0.978. The van der Waals surface area contributed by atoms with E-state index in [4.69, 9.17) is 0 Å². The predicted molar refractivity (Wildman–Crippen MR) is 122 cm³/mol. The SMILES string of the molecule is CCC1C[C@H](N(Cc2cc(C(F)(F)F)cc(C(F)(F)F)c2)c2ncc(-c3cnn(C)c3)cn2)CN1C=O. The van der Waals surface area contributed by atoms with Crippen LogP contribution in [-0.4, -0.2) is 49.7 Å². The van der Waals surface area contributed by atoms with Crippen LogP contribution < -0.4 is 4.90 Å². The van der Waals surface area contributed by atoms with E-state index in [1.54, 1.807) is 33.9 Å². The lowest BCUT2D eigenvalue weighted by Gasteiger charge is -2.29. The summed E-state index contributed by atoms with van der Waals surface area (Å²) >= 11 is 0. The third-order valence-electron chi connectivity index (χ3n) is 6.42. The molecule has 2 atom stereocenters. The van der Waals surface area contributed by atoms with Crippen molar-refractivity contribution in [2.45, 2.75) is 50.7 Å². The minimum Gasteiger partial charge on any atom is -0.340 e. The van der Waals surface area contributed by atoms with E-state index in [0.29, 0.717) is 36.9 Å². The normalized spacial score (nSPS) is 18.3. The standard InChI is InChI=1S/C24H24F6N6O/c1-3-20-7-21(13-35(20)14-37)36(22-31-8-16(9-32-22)17-10-33-34(2)12-17)11-15-4-18(23(25,26)27)6-19(5-15)24(28,29)30/h4-6,8-10,12,14,20-21H,3,7,11,13H2,1-2H3/t20?,21-/m0/s1. The Hall–Kier alpha value is -3.64. The molecule has 198 valence electrons. The van der Waals surface area contributed by atoms with E-state index in [1.807, 2.05) is 6.92 Å². The minimum atomic E-state index is -4.96. The summed E-state index contributed by atoms with van der Waals surface area (Å²) < 4.78 is 82.2. The lowest BCUT2D eigenvalue weighted by molar-refractivity contribution is -0.143. The first-order valence-corrected chi connectivity index (χ1v) is 11.5. The van der Waals surface area contributed by atoms with Gasteiger partial charge in [0.1, 0.15) is 0 Å². The number of likely N-dealkylation sites (tertiary alicyclic amines) is 1. The van der Waals surface area contributed by atoms with Crippen LogP contribution >= 0.6 is 0 Å². The molecular formula is C24H24F6N6O. The summed E-state index contributed by atoms with van der Waals surface area (Å²) in [5.74, 6) is 0.131. The molecule has 0 N–H and O–H groups in total. The van der Waals surface area contributed by atoms with Crippen molar-refractivity contribution < 1.29 is 31.1 Å². The van der Waals surface area contributed by atoms with Crippen LogP contribution in [0.4, 0.5) is 32.3 Å². The van der Waals surface area contributed by atoms with Crippen LogP contribution in [0, 0.1) is 0 Å². The molecule has 0 aliphatic carbocycles. The minimum absolute atomic E-state index is 0.101. The molecule has 0 radical (unpaired) electrons. The number of rotatable bonds is 7. The van der Waals surface area contributed by atoms with Gasteiger partial charge in [-0.1, -0.05) is 6.92 Å². The van der Waals surface area contributed by atoms with Crippen molar-refractivity contribution in [2.75, 3.05) is 11.4 Å². The highest BCUT2D eigenvalue weighted by Crippen LogP contribution is 2.37. The number of aryl methyl sites for hydroxylation is 1. The van der Waals surface area contributed by atoms with E-state index in [9.17, 15) is 31.1 Å². The number of hydrogen-bond donors (Lipinski definition) is 0. The van der Waals surface area contributed by atoms with Gasteiger partial charge in [0.2, 0.25) is 12.4 Å². The van der Waals surface area contributed by atoms with Gasteiger partial charge in [-0.2, -0.15) is 31.4 Å². The number of carbonyl (C=O) groups excluding carboxylic acids is 1. The smallest absolute Gasteiger partial charge is 0.340 e. The summed E-state index contributed by atoms with van der Waals surface area (Å²) in [4.78, 5) is 23.5. The van der Waals surface area contributed by atoms with Crippen LogP contribution in [0.1, 0.15) is 36.5 Å². The number of alkyl halides is 6. The lowest BCUT2D eigenvalue weighted by atomic mass is 10.0. The van der Waals surface area contributed by atoms with Crippen LogP contribution in [-0.2, 0) is 30.7 Å². The average molecular weight is 526 g/mol. The molecule has 3 aromatic rings. The molecular weight excluding hydrogens is 502 g/mol. The number of anilines is 1. The highest BCUT2D eigenvalue weighted by Gasteiger charge is 2.38.